The Bertz CT molecular complexity index is 419. The van der Waals surface area contributed by atoms with Crippen molar-refractivity contribution in [3.05, 3.63) is 23.3 Å². The number of carbonyl (C=O) groups is 1. The van der Waals surface area contributed by atoms with Gasteiger partial charge in [-0.3, -0.25) is 0 Å². The second-order valence-corrected chi connectivity index (χ2v) is 5.27. The summed E-state index contributed by atoms with van der Waals surface area (Å²) in [5, 5.41) is 9.85. The summed E-state index contributed by atoms with van der Waals surface area (Å²) in [6.45, 7) is 3.97. The van der Waals surface area contributed by atoms with Gasteiger partial charge in [-0.15, -0.1) is 0 Å². The number of rotatable bonds is 3. The highest BCUT2D eigenvalue weighted by Crippen LogP contribution is 2.61. The maximum Gasteiger partial charge on any atom is 0.334 e. The fourth-order valence-corrected chi connectivity index (χ4v) is 3.88. The van der Waals surface area contributed by atoms with Crippen molar-refractivity contribution in [3.8, 4) is 0 Å². The Hall–Kier alpha value is -1.09. The molecule has 3 heteroatoms. The molecule has 17 heavy (non-hydrogen) atoms. The topological polar surface area (TPSA) is 46.5 Å². The number of carbonyl (C=O) groups excluding carboxylic acids is 1. The fourth-order valence-electron chi connectivity index (χ4n) is 3.88. The van der Waals surface area contributed by atoms with Crippen LogP contribution >= 0.6 is 0 Å². The van der Waals surface area contributed by atoms with E-state index in [1.165, 1.54) is 0 Å². The summed E-state index contributed by atoms with van der Waals surface area (Å²) in [7, 11) is 0. The number of allylic oxidation sites excluding steroid dienone is 2. The molecule has 1 fully saturated rings. The molecule has 1 N–H and O–H groups in total. The lowest BCUT2D eigenvalue weighted by molar-refractivity contribution is -0.140. The molecule has 0 aromatic heterocycles. The first kappa shape index (κ1) is 11.0. The highest BCUT2D eigenvalue weighted by atomic mass is 16.5. The molecule has 3 aliphatic rings. The smallest absolute Gasteiger partial charge is 0.334 e. The molecule has 2 bridgehead atoms. The van der Waals surface area contributed by atoms with Gasteiger partial charge in [0.1, 0.15) is 0 Å². The minimum atomic E-state index is -0.525. The van der Waals surface area contributed by atoms with E-state index in [1.807, 2.05) is 6.92 Å². The molecule has 0 aliphatic heterocycles. The van der Waals surface area contributed by atoms with Crippen LogP contribution in [0.3, 0.4) is 0 Å². The number of fused-ring (bicyclic) bond motifs is 5. The van der Waals surface area contributed by atoms with E-state index in [4.69, 9.17) is 4.74 Å². The summed E-state index contributed by atoms with van der Waals surface area (Å²) in [6, 6.07) is 0. The molecule has 92 valence electrons. The molecular formula is C14H18O3. The molecule has 3 aliphatic carbocycles. The van der Waals surface area contributed by atoms with E-state index in [0.717, 1.165) is 17.6 Å². The molecule has 0 saturated heterocycles. The third-order valence-corrected chi connectivity index (χ3v) is 4.41. The predicted molar refractivity (Wildman–Crippen MR) is 63.1 cm³/mol. The molecule has 0 aromatic carbocycles. The van der Waals surface area contributed by atoms with Gasteiger partial charge in [0.25, 0.3) is 0 Å². The second-order valence-electron chi connectivity index (χ2n) is 5.27. The molecule has 0 aromatic rings. The molecule has 0 amide bonds. The average molecular weight is 234 g/mol. The largest absolute Gasteiger partial charge is 0.463 e. The van der Waals surface area contributed by atoms with Crippen LogP contribution in [-0.2, 0) is 9.53 Å². The van der Waals surface area contributed by atoms with E-state index in [1.54, 1.807) is 6.92 Å². The lowest BCUT2D eigenvalue weighted by Gasteiger charge is -2.43. The quantitative estimate of drug-likeness (QED) is 0.597. The van der Waals surface area contributed by atoms with Gasteiger partial charge in [0, 0.05) is 11.5 Å². The van der Waals surface area contributed by atoms with Crippen LogP contribution in [0, 0.1) is 23.7 Å². The van der Waals surface area contributed by atoms with Crippen LogP contribution in [0.1, 0.15) is 20.3 Å². The summed E-state index contributed by atoms with van der Waals surface area (Å²) in [5.41, 5.74) is 1.70. The van der Waals surface area contributed by atoms with Crippen molar-refractivity contribution >= 4 is 5.97 Å². The molecule has 0 heterocycles. The lowest BCUT2D eigenvalue weighted by atomic mass is 9.61. The van der Waals surface area contributed by atoms with Crippen molar-refractivity contribution in [2.45, 2.75) is 26.4 Å². The maximum atomic E-state index is 11.9. The third-order valence-electron chi connectivity index (χ3n) is 4.41. The number of ether oxygens (including phenoxy) is 1. The van der Waals surface area contributed by atoms with Gasteiger partial charge in [0.2, 0.25) is 0 Å². The van der Waals surface area contributed by atoms with Gasteiger partial charge in [-0.05, 0) is 43.6 Å². The van der Waals surface area contributed by atoms with Crippen LogP contribution in [0.15, 0.2) is 23.3 Å². The zero-order chi connectivity index (χ0) is 12.2. The fraction of sp³-hybridized carbons (Fsp3) is 0.643. The maximum absolute atomic E-state index is 11.9. The van der Waals surface area contributed by atoms with Crippen molar-refractivity contribution < 1.29 is 14.6 Å². The summed E-state index contributed by atoms with van der Waals surface area (Å²) in [5.74, 6) is 1.52. The first-order chi connectivity index (χ1) is 8.15. The molecule has 0 spiro atoms. The van der Waals surface area contributed by atoms with Crippen LogP contribution in [0.2, 0.25) is 0 Å². The molecule has 1 unspecified atom stereocenters. The molecule has 1 saturated carbocycles. The van der Waals surface area contributed by atoms with E-state index >= 15 is 0 Å². The Kier molecular flexibility index (Phi) is 2.40. The average Bonchev–Trinajstić information content (AvgIpc) is 2.74. The lowest BCUT2D eigenvalue weighted by Crippen LogP contribution is -2.42. The number of aliphatic hydroxyl groups is 1. The van der Waals surface area contributed by atoms with Gasteiger partial charge in [0.05, 0.1) is 12.7 Å². The Morgan fingerprint density at radius 3 is 2.71 bits per heavy atom. The van der Waals surface area contributed by atoms with Gasteiger partial charge in [-0.1, -0.05) is 12.2 Å². The van der Waals surface area contributed by atoms with E-state index < -0.39 is 6.10 Å². The normalized spacial score (nSPS) is 39.0. The number of hydrogen-bond donors (Lipinski definition) is 1. The van der Waals surface area contributed by atoms with Crippen molar-refractivity contribution in [1.82, 2.24) is 0 Å². The minimum Gasteiger partial charge on any atom is -0.463 e. The number of hydrogen-bond acceptors (Lipinski definition) is 3. The van der Waals surface area contributed by atoms with Crippen molar-refractivity contribution in [2.24, 2.45) is 23.7 Å². The second kappa shape index (κ2) is 3.70. The first-order valence-corrected chi connectivity index (χ1v) is 6.42. The van der Waals surface area contributed by atoms with Crippen LogP contribution in [0.25, 0.3) is 0 Å². The van der Waals surface area contributed by atoms with Gasteiger partial charge < -0.3 is 9.84 Å². The standard InChI is InChI=1S/C14H18O3/c1-3-17-14(16)13-10(7(2)15)11-8-4-5-9(6-8)12(11)13/h4-5,7-9,11-12,15H,3,6H2,1-2H3/t7?,8-,9+,11-,12-/m1/s1. The summed E-state index contributed by atoms with van der Waals surface area (Å²) < 4.78 is 5.11. The Morgan fingerprint density at radius 2 is 2.12 bits per heavy atom. The number of esters is 1. The molecule has 3 nitrogen and oxygen atoms in total. The van der Waals surface area contributed by atoms with Crippen molar-refractivity contribution in [2.75, 3.05) is 6.61 Å². The van der Waals surface area contributed by atoms with Gasteiger partial charge in [-0.2, -0.15) is 0 Å². The van der Waals surface area contributed by atoms with Gasteiger partial charge in [-0.25, -0.2) is 4.79 Å². The van der Waals surface area contributed by atoms with Crippen LogP contribution in [-0.4, -0.2) is 23.8 Å². The zero-order valence-corrected chi connectivity index (χ0v) is 10.2. The Labute approximate surface area is 101 Å². The minimum absolute atomic E-state index is 0.217. The van der Waals surface area contributed by atoms with E-state index in [0.29, 0.717) is 30.3 Å². The third kappa shape index (κ3) is 1.35. The molecular weight excluding hydrogens is 216 g/mol. The number of aliphatic hydroxyl groups excluding tert-OH is 1. The summed E-state index contributed by atoms with van der Waals surface area (Å²) in [6.07, 6.45) is 5.08. The highest BCUT2D eigenvalue weighted by molar-refractivity contribution is 5.93. The van der Waals surface area contributed by atoms with Gasteiger partial charge >= 0.3 is 5.97 Å². The van der Waals surface area contributed by atoms with E-state index in [2.05, 4.69) is 12.2 Å². The molecule has 3 rings (SSSR count). The van der Waals surface area contributed by atoms with Crippen molar-refractivity contribution in [3.63, 3.8) is 0 Å². The van der Waals surface area contributed by atoms with Gasteiger partial charge in [0.15, 0.2) is 0 Å². The van der Waals surface area contributed by atoms with Crippen LogP contribution < -0.4 is 0 Å². The summed E-state index contributed by atoms with van der Waals surface area (Å²) >= 11 is 0. The first-order valence-electron chi connectivity index (χ1n) is 6.42. The van der Waals surface area contributed by atoms with Crippen molar-refractivity contribution in [1.29, 1.82) is 0 Å². The summed E-state index contributed by atoms with van der Waals surface area (Å²) in [4.78, 5) is 11.9. The molecule has 5 atom stereocenters. The highest BCUT2D eigenvalue weighted by Gasteiger charge is 2.57. The van der Waals surface area contributed by atoms with E-state index in [-0.39, 0.29) is 5.97 Å². The van der Waals surface area contributed by atoms with Crippen LogP contribution in [0.5, 0.6) is 0 Å². The Morgan fingerprint density at radius 1 is 1.47 bits per heavy atom. The van der Waals surface area contributed by atoms with E-state index in [9.17, 15) is 9.90 Å². The predicted octanol–water partition coefficient (Wildman–Crippen LogP) is 1.68. The molecule has 0 radical (unpaired) electrons. The monoisotopic (exact) mass is 234 g/mol. The zero-order valence-electron chi connectivity index (χ0n) is 10.2. The SMILES string of the molecule is CCOC(=O)C1=C(C(C)O)[C@@H]2[C@H]1[C@H]1C=C[C@@H]2C1. The Balaban J connectivity index is 1.94. The van der Waals surface area contributed by atoms with Crippen LogP contribution in [0.4, 0.5) is 0 Å².